The van der Waals surface area contributed by atoms with E-state index in [0.29, 0.717) is 6.54 Å². The van der Waals surface area contributed by atoms with Crippen molar-refractivity contribution in [2.24, 2.45) is 11.1 Å². The zero-order chi connectivity index (χ0) is 14.6. The molecule has 0 radical (unpaired) electrons. The summed E-state index contributed by atoms with van der Waals surface area (Å²) in [6, 6.07) is 7.76. The fourth-order valence-corrected chi connectivity index (χ4v) is 2.90. The molecule has 0 heterocycles. The molecule has 0 aromatic heterocycles. The first kappa shape index (κ1) is 14.9. The molecule has 1 saturated carbocycles. The average Bonchev–Trinajstić information content (AvgIpc) is 2.97. The van der Waals surface area contributed by atoms with Gasteiger partial charge in [0.05, 0.1) is 18.6 Å². The van der Waals surface area contributed by atoms with Gasteiger partial charge in [-0.1, -0.05) is 25.0 Å². The zero-order valence-corrected chi connectivity index (χ0v) is 12.3. The van der Waals surface area contributed by atoms with Crippen molar-refractivity contribution in [3.8, 4) is 5.75 Å². The van der Waals surface area contributed by atoms with E-state index in [1.165, 1.54) is 0 Å². The third-order valence-corrected chi connectivity index (χ3v) is 4.40. The molecular formula is C16H24N2O2. The van der Waals surface area contributed by atoms with Crippen molar-refractivity contribution in [3.63, 3.8) is 0 Å². The van der Waals surface area contributed by atoms with Crippen molar-refractivity contribution in [2.75, 3.05) is 13.7 Å². The minimum Gasteiger partial charge on any atom is -0.497 e. The second kappa shape index (κ2) is 6.27. The van der Waals surface area contributed by atoms with E-state index in [1.807, 2.05) is 31.2 Å². The zero-order valence-electron chi connectivity index (χ0n) is 12.3. The summed E-state index contributed by atoms with van der Waals surface area (Å²) >= 11 is 0. The number of nitrogens with two attached hydrogens (primary N) is 1. The monoisotopic (exact) mass is 276 g/mol. The van der Waals surface area contributed by atoms with Crippen molar-refractivity contribution < 1.29 is 9.53 Å². The minimum absolute atomic E-state index is 0.0163. The van der Waals surface area contributed by atoms with E-state index in [0.717, 1.165) is 37.0 Å². The van der Waals surface area contributed by atoms with Crippen LogP contribution < -0.4 is 15.8 Å². The van der Waals surface area contributed by atoms with Gasteiger partial charge in [-0.2, -0.15) is 0 Å². The molecular weight excluding hydrogens is 252 g/mol. The minimum atomic E-state index is -0.346. The van der Waals surface area contributed by atoms with E-state index >= 15 is 0 Å². The molecule has 0 spiro atoms. The fourth-order valence-electron chi connectivity index (χ4n) is 2.90. The van der Waals surface area contributed by atoms with Crippen LogP contribution in [-0.2, 0) is 4.79 Å². The molecule has 3 N–H and O–H groups in total. The van der Waals surface area contributed by atoms with Crippen LogP contribution in [0.25, 0.3) is 0 Å². The number of methoxy groups -OCH3 is 1. The number of carbonyl (C=O) groups excluding carboxylic acids is 1. The molecule has 2 rings (SSSR count). The second-order valence-corrected chi connectivity index (χ2v) is 5.66. The molecule has 4 heteroatoms. The molecule has 1 unspecified atom stereocenters. The van der Waals surface area contributed by atoms with Gasteiger partial charge in [0, 0.05) is 6.54 Å². The molecule has 1 aromatic rings. The molecule has 1 atom stereocenters. The number of rotatable bonds is 5. The van der Waals surface area contributed by atoms with Gasteiger partial charge in [0.15, 0.2) is 0 Å². The lowest BCUT2D eigenvalue weighted by atomic mass is 9.85. The van der Waals surface area contributed by atoms with Crippen LogP contribution in [-0.4, -0.2) is 19.6 Å². The van der Waals surface area contributed by atoms with E-state index in [2.05, 4.69) is 5.32 Å². The Labute approximate surface area is 120 Å². The molecule has 1 aromatic carbocycles. The SMILES string of the molecule is COc1ccc(C(C)NC(=O)C2(CN)CCCC2)cc1. The Morgan fingerprint density at radius 2 is 1.95 bits per heavy atom. The molecule has 0 aliphatic heterocycles. The number of hydrogen-bond acceptors (Lipinski definition) is 3. The highest BCUT2D eigenvalue weighted by Gasteiger charge is 2.40. The molecule has 110 valence electrons. The number of benzene rings is 1. The maximum Gasteiger partial charge on any atom is 0.227 e. The van der Waals surface area contributed by atoms with Crippen molar-refractivity contribution in [3.05, 3.63) is 29.8 Å². The Balaban J connectivity index is 2.02. The first-order valence-corrected chi connectivity index (χ1v) is 7.26. The van der Waals surface area contributed by atoms with Gasteiger partial charge in [-0.25, -0.2) is 0 Å². The summed E-state index contributed by atoms with van der Waals surface area (Å²) in [5.74, 6) is 0.919. The van der Waals surface area contributed by atoms with Gasteiger partial charge in [0.1, 0.15) is 5.75 Å². The average molecular weight is 276 g/mol. The Bertz CT molecular complexity index is 450. The predicted molar refractivity (Wildman–Crippen MR) is 79.5 cm³/mol. The number of carbonyl (C=O) groups is 1. The molecule has 1 aliphatic rings. The highest BCUT2D eigenvalue weighted by molar-refractivity contribution is 5.83. The van der Waals surface area contributed by atoms with Gasteiger partial charge >= 0.3 is 0 Å². The summed E-state index contributed by atoms with van der Waals surface area (Å²) < 4.78 is 5.14. The summed E-state index contributed by atoms with van der Waals surface area (Å²) in [5, 5.41) is 3.11. The topological polar surface area (TPSA) is 64.3 Å². The van der Waals surface area contributed by atoms with Crippen LogP contribution in [0, 0.1) is 5.41 Å². The first-order valence-electron chi connectivity index (χ1n) is 7.26. The maximum absolute atomic E-state index is 12.5. The highest BCUT2D eigenvalue weighted by atomic mass is 16.5. The summed E-state index contributed by atoms with van der Waals surface area (Å²) in [6.45, 7) is 2.44. The number of hydrogen-bond donors (Lipinski definition) is 2. The first-order chi connectivity index (χ1) is 9.61. The largest absolute Gasteiger partial charge is 0.497 e. The van der Waals surface area contributed by atoms with Crippen LogP contribution in [0.15, 0.2) is 24.3 Å². The quantitative estimate of drug-likeness (QED) is 0.868. The summed E-state index contributed by atoms with van der Waals surface area (Å²) in [4.78, 5) is 12.5. The Hall–Kier alpha value is -1.55. The van der Waals surface area contributed by atoms with Crippen LogP contribution in [0.2, 0.25) is 0 Å². The van der Waals surface area contributed by atoms with Gasteiger partial charge in [0.25, 0.3) is 0 Å². The van der Waals surface area contributed by atoms with Gasteiger partial charge in [-0.15, -0.1) is 0 Å². The molecule has 4 nitrogen and oxygen atoms in total. The van der Waals surface area contributed by atoms with E-state index in [4.69, 9.17) is 10.5 Å². The molecule has 0 saturated heterocycles. The van der Waals surface area contributed by atoms with E-state index in [9.17, 15) is 4.79 Å². The molecule has 1 aliphatic carbocycles. The van der Waals surface area contributed by atoms with Gasteiger partial charge in [0.2, 0.25) is 5.91 Å². The molecule has 0 bridgehead atoms. The Morgan fingerprint density at radius 1 is 1.35 bits per heavy atom. The third-order valence-electron chi connectivity index (χ3n) is 4.40. The van der Waals surface area contributed by atoms with Crippen LogP contribution in [0.5, 0.6) is 5.75 Å². The number of nitrogens with one attached hydrogen (secondary N) is 1. The molecule has 1 fully saturated rings. The summed E-state index contributed by atoms with van der Waals surface area (Å²) in [5.41, 5.74) is 6.57. The standard InChI is InChI=1S/C16H24N2O2/c1-12(13-5-7-14(20-2)8-6-13)18-15(19)16(11-17)9-3-4-10-16/h5-8,12H,3-4,9-11,17H2,1-2H3,(H,18,19). The summed E-state index contributed by atoms with van der Waals surface area (Å²) in [7, 11) is 1.64. The lowest BCUT2D eigenvalue weighted by Crippen LogP contribution is -2.44. The van der Waals surface area contributed by atoms with E-state index in [-0.39, 0.29) is 17.4 Å². The van der Waals surface area contributed by atoms with Gasteiger partial charge < -0.3 is 15.8 Å². The Kier molecular flexibility index (Phi) is 4.65. The smallest absolute Gasteiger partial charge is 0.227 e. The lowest BCUT2D eigenvalue weighted by molar-refractivity contribution is -0.131. The van der Waals surface area contributed by atoms with Crippen molar-refractivity contribution in [1.29, 1.82) is 0 Å². The molecule has 1 amide bonds. The van der Waals surface area contributed by atoms with E-state index < -0.39 is 0 Å². The van der Waals surface area contributed by atoms with Gasteiger partial charge in [-0.05, 0) is 37.5 Å². The fraction of sp³-hybridized carbons (Fsp3) is 0.562. The summed E-state index contributed by atoms with van der Waals surface area (Å²) in [6.07, 6.45) is 4.01. The van der Waals surface area contributed by atoms with Crippen molar-refractivity contribution in [2.45, 2.75) is 38.6 Å². The van der Waals surface area contributed by atoms with Crippen LogP contribution in [0.3, 0.4) is 0 Å². The van der Waals surface area contributed by atoms with Crippen LogP contribution >= 0.6 is 0 Å². The third kappa shape index (κ3) is 2.96. The van der Waals surface area contributed by atoms with Gasteiger partial charge in [-0.3, -0.25) is 4.79 Å². The predicted octanol–water partition coefficient (Wildman–Crippen LogP) is 2.39. The van der Waals surface area contributed by atoms with E-state index in [1.54, 1.807) is 7.11 Å². The Morgan fingerprint density at radius 3 is 2.45 bits per heavy atom. The highest BCUT2D eigenvalue weighted by Crippen LogP contribution is 2.37. The normalized spacial score (nSPS) is 18.6. The maximum atomic E-state index is 12.5. The molecule has 20 heavy (non-hydrogen) atoms. The van der Waals surface area contributed by atoms with Crippen LogP contribution in [0.4, 0.5) is 0 Å². The lowest BCUT2D eigenvalue weighted by Gasteiger charge is -2.28. The van der Waals surface area contributed by atoms with Crippen molar-refractivity contribution >= 4 is 5.91 Å². The second-order valence-electron chi connectivity index (χ2n) is 5.66. The van der Waals surface area contributed by atoms with Crippen molar-refractivity contribution in [1.82, 2.24) is 5.32 Å². The van der Waals surface area contributed by atoms with Crippen LogP contribution in [0.1, 0.15) is 44.2 Å². The number of ether oxygens (including phenoxy) is 1. The number of amides is 1.